The molecule has 15 heavy (non-hydrogen) atoms. The van der Waals surface area contributed by atoms with E-state index in [2.05, 4.69) is 15.0 Å². The maximum atomic E-state index is 11.3. The summed E-state index contributed by atoms with van der Waals surface area (Å²) in [7, 11) is 1.44. The molecule has 5 nitrogen and oxygen atoms in total. The summed E-state index contributed by atoms with van der Waals surface area (Å²) in [6, 6.07) is 3.33. The lowest BCUT2D eigenvalue weighted by molar-refractivity contribution is 0.213. The molecule has 0 aliphatic rings. The van der Waals surface area contributed by atoms with E-state index < -0.39 is 0 Å². The maximum absolute atomic E-state index is 11.3. The molecule has 0 aliphatic carbocycles. The summed E-state index contributed by atoms with van der Waals surface area (Å²) in [6.07, 6.45) is 0. The molecule has 0 fully saturated rings. The van der Waals surface area contributed by atoms with Crippen LogP contribution in [0.3, 0.4) is 0 Å². The highest BCUT2D eigenvalue weighted by atomic mass is 16.6. The quantitative estimate of drug-likeness (QED) is 0.576. The first kappa shape index (κ1) is 11.0. The summed E-state index contributed by atoms with van der Waals surface area (Å²) in [5.74, 6) is 0. The Morgan fingerprint density at radius 1 is 1.67 bits per heavy atom. The van der Waals surface area contributed by atoms with Crippen LogP contribution < -0.4 is 5.56 Å². The van der Waals surface area contributed by atoms with Crippen LogP contribution in [0.4, 0.5) is 0 Å². The number of aryl methyl sites for hydroxylation is 1. The Balaban J connectivity index is 3.39. The maximum Gasteiger partial charge on any atom is 0.266 e. The lowest BCUT2D eigenvalue weighted by Crippen LogP contribution is -2.15. The second-order valence-corrected chi connectivity index (χ2v) is 3.02. The Hall–Kier alpha value is -2.09. The molecule has 1 aromatic rings. The molecule has 0 bridgehead atoms. The normalized spacial score (nSPS) is 10.9. The highest BCUT2D eigenvalue weighted by molar-refractivity contribution is 5.99. The third-order valence-corrected chi connectivity index (χ3v) is 1.98. The molecule has 0 aliphatic heterocycles. The van der Waals surface area contributed by atoms with Gasteiger partial charge in [-0.25, -0.2) is 0 Å². The fraction of sp³-hybridized carbons (Fsp3) is 0.300. The zero-order valence-electron chi connectivity index (χ0n) is 8.79. The number of aromatic nitrogens is 1. The predicted octanol–water partition coefficient (Wildman–Crippen LogP) is 0.925. The van der Waals surface area contributed by atoms with Gasteiger partial charge in [0, 0.05) is 11.3 Å². The average Bonchev–Trinajstić information content (AvgIpc) is 2.18. The number of nitriles is 1. The highest BCUT2D eigenvalue weighted by Crippen LogP contribution is 2.06. The first-order valence-electron chi connectivity index (χ1n) is 4.32. The van der Waals surface area contributed by atoms with Crippen molar-refractivity contribution in [3.63, 3.8) is 0 Å². The standard InChI is InChI=1S/C10H11N3O2/c1-6-9(7(2)13-15-3)4-8(5-11)10(14)12-6/h4H,1-3H3,(H,12,14)/b13-7+. The van der Waals surface area contributed by atoms with E-state index in [1.165, 1.54) is 13.2 Å². The molecule has 0 amide bonds. The van der Waals surface area contributed by atoms with Gasteiger partial charge >= 0.3 is 0 Å². The third kappa shape index (κ3) is 2.23. The summed E-state index contributed by atoms with van der Waals surface area (Å²) in [5.41, 5.74) is 1.67. The zero-order chi connectivity index (χ0) is 11.4. The number of oxime groups is 1. The zero-order valence-corrected chi connectivity index (χ0v) is 8.79. The van der Waals surface area contributed by atoms with Gasteiger partial charge in [0.05, 0.1) is 5.71 Å². The second kappa shape index (κ2) is 4.42. The molecule has 1 rings (SSSR count). The van der Waals surface area contributed by atoms with E-state index in [0.29, 0.717) is 17.0 Å². The first-order chi connectivity index (χ1) is 7.10. The molecule has 78 valence electrons. The van der Waals surface area contributed by atoms with Crippen molar-refractivity contribution < 1.29 is 4.84 Å². The number of nitrogens with one attached hydrogen (secondary N) is 1. The molecule has 1 aromatic heterocycles. The Kier molecular flexibility index (Phi) is 3.24. The number of nitrogens with zero attached hydrogens (tertiary/aromatic N) is 2. The van der Waals surface area contributed by atoms with E-state index in [9.17, 15) is 4.79 Å². The summed E-state index contributed by atoms with van der Waals surface area (Å²) >= 11 is 0. The van der Waals surface area contributed by atoms with Crippen LogP contribution in [-0.4, -0.2) is 17.8 Å². The monoisotopic (exact) mass is 205 g/mol. The van der Waals surface area contributed by atoms with Crippen LogP contribution in [0.1, 0.15) is 23.7 Å². The first-order valence-corrected chi connectivity index (χ1v) is 4.32. The van der Waals surface area contributed by atoms with Crippen molar-refractivity contribution in [2.75, 3.05) is 7.11 Å². The molecule has 0 spiro atoms. The molecule has 0 radical (unpaired) electrons. The molecule has 5 heteroatoms. The molecule has 0 saturated carbocycles. The van der Waals surface area contributed by atoms with Crippen LogP contribution in [-0.2, 0) is 4.84 Å². The second-order valence-electron chi connectivity index (χ2n) is 3.02. The van der Waals surface area contributed by atoms with E-state index in [0.717, 1.165) is 0 Å². The number of aromatic amines is 1. The Bertz CT molecular complexity index is 494. The number of hydrogen-bond acceptors (Lipinski definition) is 4. The van der Waals surface area contributed by atoms with Gasteiger partial charge in [0.25, 0.3) is 5.56 Å². The van der Waals surface area contributed by atoms with Crippen molar-refractivity contribution in [2.45, 2.75) is 13.8 Å². The smallest absolute Gasteiger partial charge is 0.266 e. The molecule has 0 saturated heterocycles. The molecule has 1 heterocycles. The van der Waals surface area contributed by atoms with Crippen molar-refractivity contribution in [3.8, 4) is 6.07 Å². The van der Waals surface area contributed by atoms with Crippen LogP contribution >= 0.6 is 0 Å². The predicted molar refractivity (Wildman–Crippen MR) is 55.7 cm³/mol. The van der Waals surface area contributed by atoms with E-state index >= 15 is 0 Å². The lowest BCUT2D eigenvalue weighted by atomic mass is 10.1. The Labute approximate surface area is 87.0 Å². The van der Waals surface area contributed by atoms with Gasteiger partial charge in [-0.2, -0.15) is 5.26 Å². The Morgan fingerprint density at radius 2 is 2.33 bits per heavy atom. The highest BCUT2D eigenvalue weighted by Gasteiger charge is 2.07. The van der Waals surface area contributed by atoms with Gasteiger partial charge in [-0.15, -0.1) is 0 Å². The van der Waals surface area contributed by atoms with Crippen LogP contribution in [0.25, 0.3) is 0 Å². The minimum Gasteiger partial charge on any atom is -0.399 e. The molecular weight excluding hydrogens is 194 g/mol. The SMILES string of the molecule is CO/N=C(\C)c1cc(C#N)c(=O)[nH]c1C. The van der Waals surface area contributed by atoms with Gasteiger partial charge in [-0.1, -0.05) is 5.16 Å². The minimum atomic E-state index is -0.385. The summed E-state index contributed by atoms with van der Waals surface area (Å²) in [6.45, 7) is 3.48. The third-order valence-electron chi connectivity index (χ3n) is 1.98. The fourth-order valence-corrected chi connectivity index (χ4v) is 1.27. The van der Waals surface area contributed by atoms with E-state index in [4.69, 9.17) is 5.26 Å². The largest absolute Gasteiger partial charge is 0.399 e. The van der Waals surface area contributed by atoms with Crippen molar-refractivity contribution in [1.29, 1.82) is 5.26 Å². The van der Waals surface area contributed by atoms with Crippen molar-refractivity contribution >= 4 is 5.71 Å². The molecular formula is C10H11N3O2. The molecule has 0 unspecified atom stereocenters. The lowest BCUT2D eigenvalue weighted by Gasteiger charge is -2.04. The van der Waals surface area contributed by atoms with Gasteiger partial charge in [0.15, 0.2) is 0 Å². The van der Waals surface area contributed by atoms with Crippen molar-refractivity contribution in [3.05, 3.63) is 33.2 Å². The van der Waals surface area contributed by atoms with Crippen molar-refractivity contribution in [2.24, 2.45) is 5.16 Å². The summed E-state index contributed by atoms with van der Waals surface area (Å²) in [5, 5.41) is 12.5. The topological polar surface area (TPSA) is 78.2 Å². The van der Waals surface area contributed by atoms with Gasteiger partial charge < -0.3 is 9.82 Å². The van der Waals surface area contributed by atoms with Gasteiger partial charge in [0.1, 0.15) is 18.7 Å². The van der Waals surface area contributed by atoms with Gasteiger partial charge in [-0.3, -0.25) is 4.79 Å². The number of H-pyrrole nitrogens is 1. The van der Waals surface area contributed by atoms with Crippen molar-refractivity contribution in [1.82, 2.24) is 4.98 Å². The number of pyridine rings is 1. The number of rotatable bonds is 2. The van der Waals surface area contributed by atoms with Crippen LogP contribution in [0, 0.1) is 18.3 Å². The van der Waals surface area contributed by atoms with E-state index in [1.54, 1.807) is 13.8 Å². The van der Waals surface area contributed by atoms with Gasteiger partial charge in [-0.05, 0) is 19.9 Å². The van der Waals surface area contributed by atoms with E-state index in [-0.39, 0.29) is 11.1 Å². The van der Waals surface area contributed by atoms with E-state index in [1.807, 2.05) is 6.07 Å². The fourth-order valence-electron chi connectivity index (χ4n) is 1.27. The van der Waals surface area contributed by atoms with Crippen LogP contribution in [0.2, 0.25) is 0 Å². The Morgan fingerprint density at radius 3 is 2.87 bits per heavy atom. The van der Waals surface area contributed by atoms with Gasteiger partial charge in [0.2, 0.25) is 0 Å². The van der Waals surface area contributed by atoms with Crippen LogP contribution in [0.5, 0.6) is 0 Å². The van der Waals surface area contributed by atoms with Crippen LogP contribution in [0.15, 0.2) is 16.0 Å². The summed E-state index contributed by atoms with van der Waals surface area (Å²) < 4.78 is 0. The average molecular weight is 205 g/mol. The molecule has 0 aromatic carbocycles. The molecule has 0 atom stereocenters. The summed E-state index contributed by atoms with van der Waals surface area (Å²) in [4.78, 5) is 18.5. The molecule has 1 N–H and O–H groups in total. The number of hydrogen-bond donors (Lipinski definition) is 1. The minimum absolute atomic E-state index is 0.0706.